The van der Waals surface area contributed by atoms with Crippen LogP contribution in [0.25, 0.3) is 21.9 Å². The molecule has 0 atom stereocenters. The summed E-state index contributed by atoms with van der Waals surface area (Å²) >= 11 is 6.06. The second-order valence-electron chi connectivity index (χ2n) is 5.74. The van der Waals surface area contributed by atoms with Crippen molar-refractivity contribution in [2.75, 3.05) is 13.2 Å². The topological polar surface area (TPSA) is 69.0 Å². The number of benzene rings is 1. The van der Waals surface area contributed by atoms with E-state index in [4.69, 9.17) is 16.3 Å². The molecule has 25 heavy (non-hydrogen) atoms. The molecule has 3 aromatic rings. The number of amides is 1. The van der Waals surface area contributed by atoms with Gasteiger partial charge >= 0.3 is 6.09 Å². The Labute approximate surface area is 151 Å². The van der Waals surface area contributed by atoms with Crippen LogP contribution in [0.1, 0.15) is 25.6 Å². The lowest BCUT2D eigenvalue weighted by molar-refractivity contribution is 0.144. The number of ether oxygens (including phenoxy) is 1. The monoisotopic (exact) mass is 360 g/mol. The molecule has 0 aliphatic rings. The van der Waals surface area contributed by atoms with E-state index in [0.717, 1.165) is 40.6 Å². The Balaban J connectivity index is 1.80. The summed E-state index contributed by atoms with van der Waals surface area (Å²) in [6, 6.07) is 7.92. The van der Waals surface area contributed by atoms with Gasteiger partial charge in [-0.2, -0.15) is 0 Å². The van der Waals surface area contributed by atoms with E-state index in [-0.39, 0.29) is 0 Å². The van der Waals surface area contributed by atoms with Gasteiger partial charge in [-0.15, -0.1) is 11.6 Å². The van der Waals surface area contributed by atoms with Crippen molar-refractivity contribution in [3.8, 4) is 0 Å². The van der Waals surface area contributed by atoms with Gasteiger partial charge in [0.15, 0.2) is 0 Å². The molecule has 0 aliphatic carbocycles. The molecule has 0 aliphatic heterocycles. The first-order valence-corrected chi connectivity index (χ1v) is 8.97. The number of nitrogens with one attached hydrogen (secondary N) is 1. The highest BCUT2D eigenvalue weighted by atomic mass is 35.5. The molecule has 0 bridgehead atoms. The smallest absolute Gasteiger partial charge is 0.407 e. The minimum atomic E-state index is -0.392. The Bertz CT molecular complexity index is 878. The minimum Gasteiger partial charge on any atom is -0.450 e. The number of nitrogens with zero attached hydrogens (tertiary/aromatic N) is 3. The second-order valence-corrected chi connectivity index (χ2v) is 6.01. The van der Waals surface area contributed by atoms with Gasteiger partial charge in [-0.1, -0.05) is 31.5 Å². The van der Waals surface area contributed by atoms with Crippen LogP contribution in [0.4, 0.5) is 4.79 Å². The van der Waals surface area contributed by atoms with Crippen LogP contribution >= 0.6 is 11.6 Å². The summed E-state index contributed by atoms with van der Waals surface area (Å²) in [7, 11) is 0. The standard InChI is InChI=1S/C18H21ClN4O2/c1-2-3-10-25-18(24)20-8-9-23-16(11-19)22-15-12-21-14-7-5-4-6-13(14)17(15)23/h4-7,12H,2-3,8-11H2,1H3,(H,20,24). The molecule has 0 saturated heterocycles. The highest BCUT2D eigenvalue weighted by Crippen LogP contribution is 2.25. The number of fused-ring (bicyclic) bond motifs is 3. The van der Waals surface area contributed by atoms with Crippen molar-refractivity contribution in [2.45, 2.75) is 32.2 Å². The Hall–Kier alpha value is -2.34. The van der Waals surface area contributed by atoms with E-state index in [1.165, 1.54) is 0 Å². The lowest BCUT2D eigenvalue weighted by Crippen LogP contribution is -2.28. The van der Waals surface area contributed by atoms with Gasteiger partial charge in [-0.3, -0.25) is 4.98 Å². The predicted molar refractivity (Wildman–Crippen MR) is 98.8 cm³/mol. The van der Waals surface area contributed by atoms with Gasteiger partial charge in [-0.05, 0) is 12.5 Å². The summed E-state index contributed by atoms with van der Waals surface area (Å²) in [5.41, 5.74) is 2.70. The number of halogens is 1. The number of unbranched alkanes of at least 4 members (excludes halogenated alkanes) is 1. The van der Waals surface area contributed by atoms with Crippen LogP contribution in [0, 0.1) is 0 Å². The fraction of sp³-hybridized carbons (Fsp3) is 0.389. The van der Waals surface area contributed by atoms with E-state index in [9.17, 15) is 4.79 Å². The SMILES string of the molecule is CCCCOC(=O)NCCn1c(CCl)nc2cnc3ccccc3c21. The molecule has 6 nitrogen and oxygen atoms in total. The second kappa shape index (κ2) is 8.16. The van der Waals surface area contributed by atoms with Crippen LogP contribution in [0.2, 0.25) is 0 Å². The summed E-state index contributed by atoms with van der Waals surface area (Å²) < 4.78 is 7.15. The third kappa shape index (κ3) is 3.85. The number of imidazole rings is 1. The molecule has 0 saturated carbocycles. The maximum Gasteiger partial charge on any atom is 0.407 e. The van der Waals surface area contributed by atoms with Crippen molar-refractivity contribution in [2.24, 2.45) is 0 Å². The van der Waals surface area contributed by atoms with Crippen molar-refractivity contribution in [3.63, 3.8) is 0 Å². The number of alkyl carbamates (subject to hydrolysis) is 1. The minimum absolute atomic E-state index is 0.296. The van der Waals surface area contributed by atoms with E-state index in [2.05, 4.69) is 22.2 Å². The maximum atomic E-state index is 11.7. The molecule has 0 fully saturated rings. The van der Waals surface area contributed by atoms with Gasteiger partial charge in [0.1, 0.15) is 11.3 Å². The molecule has 0 unspecified atom stereocenters. The Morgan fingerprint density at radius 2 is 2.16 bits per heavy atom. The van der Waals surface area contributed by atoms with Crippen LogP contribution < -0.4 is 5.32 Å². The number of aromatic nitrogens is 3. The summed E-state index contributed by atoms with van der Waals surface area (Å²) in [4.78, 5) is 20.7. The van der Waals surface area contributed by atoms with E-state index in [1.807, 2.05) is 28.8 Å². The number of hydrogen-bond donors (Lipinski definition) is 1. The lowest BCUT2D eigenvalue weighted by Gasteiger charge is -2.10. The molecule has 1 N–H and O–H groups in total. The zero-order valence-electron chi connectivity index (χ0n) is 14.2. The number of rotatable bonds is 7. The molecular weight excluding hydrogens is 340 g/mol. The highest BCUT2D eigenvalue weighted by molar-refractivity contribution is 6.17. The number of para-hydroxylation sites is 1. The first-order valence-electron chi connectivity index (χ1n) is 8.44. The van der Waals surface area contributed by atoms with Crippen molar-refractivity contribution < 1.29 is 9.53 Å². The van der Waals surface area contributed by atoms with E-state index >= 15 is 0 Å². The average Bonchev–Trinajstić information content (AvgIpc) is 3.00. The van der Waals surface area contributed by atoms with Gasteiger partial charge in [0, 0.05) is 18.5 Å². The molecule has 3 rings (SSSR count). The number of pyridine rings is 1. The fourth-order valence-electron chi connectivity index (χ4n) is 2.78. The summed E-state index contributed by atoms with van der Waals surface area (Å²) in [5, 5.41) is 3.80. The number of alkyl halides is 1. The third-order valence-electron chi connectivity index (χ3n) is 4.01. The number of carbonyl (C=O) groups excluding carboxylic acids is 1. The zero-order chi connectivity index (χ0) is 17.6. The quantitative estimate of drug-likeness (QED) is 0.513. The zero-order valence-corrected chi connectivity index (χ0v) is 14.9. The van der Waals surface area contributed by atoms with Crippen LogP contribution in [0.5, 0.6) is 0 Å². The van der Waals surface area contributed by atoms with Crippen molar-refractivity contribution >= 4 is 39.6 Å². The van der Waals surface area contributed by atoms with Crippen LogP contribution in [-0.2, 0) is 17.2 Å². The number of carbonyl (C=O) groups is 1. The fourth-order valence-corrected chi connectivity index (χ4v) is 2.99. The predicted octanol–water partition coefficient (Wildman–Crippen LogP) is 3.85. The largest absolute Gasteiger partial charge is 0.450 e. The molecule has 7 heteroatoms. The van der Waals surface area contributed by atoms with Crippen molar-refractivity contribution in [3.05, 3.63) is 36.3 Å². The Morgan fingerprint density at radius 3 is 2.96 bits per heavy atom. The average molecular weight is 361 g/mol. The molecule has 2 aromatic heterocycles. The van der Waals surface area contributed by atoms with E-state index in [1.54, 1.807) is 6.20 Å². The first kappa shape index (κ1) is 17.5. The first-order chi connectivity index (χ1) is 12.2. The van der Waals surface area contributed by atoms with Crippen LogP contribution in [0.3, 0.4) is 0 Å². The van der Waals surface area contributed by atoms with Gasteiger partial charge in [0.2, 0.25) is 0 Å². The van der Waals surface area contributed by atoms with Gasteiger partial charge in [-0.25, -0.2) is 9.78 Å². The molecule has 0 radical (unpaired) electrons. The molecule has 1 amide bonds. The normalized spacial score (nSPS) is 11.1. The lowest BCUT2D eigenvalue weighted by atomic mass is 10.2. The van der Waals surface area contributed by atoms with Gasteiger partial charge < -0.3 is 14.6 Å². The Kier molecular flexibility index (Phi) is 5.71. The summed E-state index contributed by atoms with van der Waals surface area (Å²) in [6.07, 6.45) is 3.23. The van der Waals surface area contributed by atoms with E-state index < -0.39 is 6.09 Å². The highest BCUT2D eigenvalue weighted by Gasteiger charge is 2.13. The molecule has 2 heterocycles. The molecule has 0 spiro atoms. The summed E-state index contributed by atoms with van der Waals surface area (Å²) in [6.45, 7) is 3.50. The third-order valence-corrected chi connectivity index (χ3v) is 4.25. The van der Waals surface area contributed by atoms with Gasteiger partial charge in [0.05, 0.1) is 29.7 Å². The molecule has 1 aromatic carbocycles. The van der Waals surface area contributed by atoms with Crippen LogP contribution in [0.15, 0.2) is 30.5 Å². The Morgan fingerprint density at radius 1 is 1.32 bits per heavy atom. The van der Waals surface area contributed by atoms with Crippen LogP contribution in [-0.4, -0.2) is 33.8 Å². The molecule has 132 valence electrons. The molecular formula is C18H21ClN4O2. The van der Waals surface area contributed by atoms with Gasteiger partial charge in [0.25, 0.3) is 0 Å². The summed E-state index contributed by atoms with van der Waals surface area (Å²) in [5.74, 6) is 1.06. The van der Waals surface area contributed by atoms with Crippen molar-refractivity contribution in [1.82, 2.24) is 19.9 Å². The number of hydrogen-bond acceptors (Lipinski definition) is 4. The van der Waals surface area contributed by atoms with E-state index in [0.29, 0.717) is 25.6 Å². The van der Waals surface area contributed by atoms with Crippen molar-refractivity contribution in [1.29, 1.82) is 0 Å². The maximum absolute atomic E-state index is 11.7.